The number of rotatable bonds is 10. The summed E-state index contributed by atoms with van der Waals surface area (Å²) in [6.45, 7) is 0. The molecular weight excluding hydrogens is 957 g/mol. The van der Waals surface area contributed by atoms with E-state index in [1.807, 2.05) is 170 Å². The Bertz CT molecular complexity index is 4210. The minimum absolute atomic E-state index is 0.371. The van der Waals surface area contributed by atoms with Crippen molar-refractivity contribution < 1.29 is 0 Å². The second-order valence-corrected chi connectivity index (χ2v) is 19.3. The normalized spacial score (nSPS) is 11.4. The van der Waals surface area contributed by atoms with E-state index in [1.54, 1.807) is 4.52 Å². The Balaban J connectivity index is 0.916. The molecule has 0 radical (unpaired) electrons. The molecule has 4 heterocycles. The highest BCUT2D eigenvalue weighted by atomic mass is 16.2. The average Bonchev–Trinajstić information content (AvgIpc) is 4.13. The fraction of sp³-hybridized carbons (Fsp3) is 0. The first kappa shape index (κ1) is 45.9. The number of nitrogens with zero attached hydrogens (tertiary/aromatic N) is 6. The van der Waals surface area contributed by atoms with Gasteiger partial charge in [-0.15, -0.1) is 0 Å². The van der Waals surface area contributed by atoms with Gasteiger partial charge >= 0.3 is 0 Å². The second-order valence-electron chi connectivity index (χ2n) is 19.3. The molecule has 0 bridgehead atoms. The fourth-order valence-corrected chi connectivity index (χ4v) is 10.9. The van der Waals surface area contributed by atoms with Crippen LogP contribution in [0.2, 0.25) is 0 Å². The molecule has 0 aliphatic rings. The lowest BCUT2D eigenvalue weighted by Gasteiger charge is -2.15. The molecular formula is C70H44N6O2. The summed E-state index contributed by atoms with van der Waals surface area (Å²) in [6, 6.07) is 89.5. The first-order valence-corrected chi connectivity index (χ1v) is 25.9. The number of fused-ring (bicyclic) bond motifs is 5. The zero-order chi connectivity index (χ0) is 52.1. The maximum absolute atomic E-state index is 14.8. The van der Waals surface area contributed by atoms with Gasteiger partial charge in [0.1, 0.15) is 0 Å². The van der Waals surface area contributed by atoms with Crippen LogP contribution in [0, 0.1) is 0 Å². The Morgan fingerprint density at radius 2 is 0.487 bits per heavy atom. The van der Waals surface area contributed by atoms with Gasteiger partial charge in [-0.3, -0.25) is 9.59 Å². The van der Waals surface area contributed by atoms with Crippen molar-refractivity contribution in [2.45, 2.75) is 0 Å². The summed E-state index contributed by atoms with van der Waals surface area (Å²) in [5.74, 6) is 0.892. The predicted octanol–water partition coefficient (Wildman–Crippen LogP) is 15.8. The zero-order valence-corrected chi connectivity index (χ0v) is 41.9. The molecule has 78 heavy (non-hydrogen) atoms. The average molecular weight is 1000 g/mol. The van der Waals surface area contributed by atoms with Crippen molar-refractivity contribution in [2.24, 2.45) is 0 Å². The third-order valence-corrected chi connectivity index (χ3v) is 14.6. The number of hydrogen-bond donors (Lipinski definition) is 0. The van der Waals surface area contributed by atoms with Crippen LogP contribution >= 0.6 is 0 Å². The van der Waals surface area contributed by atoms with Crippen LogP contribution in [0.3, 0.4) is 0 Å². The lowest BCUT2D eigenvalue weighted by atomic mass is 9.94. The summed E-state index contributed by atoms with van der Waals surface area (Å²) in [5.41, 5.74) is 16.7. The van der Waals surface area contributed by atoms with Gasteiger partial charge in [0.2, 0.25) is 0 Å². The molecule has 0 saturated heterocycles. The summed E-state index contributed by atoms with van der Waals surface area (Å²) < 4.78 is 2.94. The lowest BCUT2D eigenvalue weighted by molar-refractivity contribution is 0.841. The summed E-state index contributed by atoms with van der Waals surface area (Å²) in [5, 5.41) is 0.741. The van der Waals surface area contributed by atoms with E-state index < -0.39 is 11.1 Å². The SMILES string of the molecule is O=c1c2cc(-c3nc(-c4ccccc4-c4ccccc4)cc(-c4ccccc4-c4ccccc4)n3)ccc2n2c3ccc(-c4nc(-c5ccccc5-c5ccccc5)cc(-c5ccccc5-c5ccccc5)n4)cc3c(=O)n12. The quantitative estimate of drug-likeness (QED) is 0.135. The van der Waals surface area contributed by atoms with Crippen molar-refractivity contribution in [1.82, 2.24) is 29.0 Å². The van der Waals surface area contributed by atoms with Crippen LogP contribution in [0.5, 0.6) is 0 Å². The van der Waals surface area contributed by atoms with E-state index >= 15 is 0 Å². The minimum Gasteiger partial charge on any atom is -0.267 e. The molecule has 0 aliphatic carbocycles. The highest BCUT2D eigenvalue weighted by molar-refractivity contribution is 5.94. The first-order chi connectivity index (χ1) is 38.5. The maximum Gasteiger partial charge on any atom is 0.282 e. The highest BCUT2D eigenvalue weighted by Gasteiger charge is 2.23. The molecule has 0 spiro atoms. The van der Waals surface area contributed by atoms with E-state index in [0.29, 0.717) is 44.6 Å². The van der Waals surface area contributed by atoms with E-state index in [9.17, 15) is 9.59 Å². The molecule has 14 rings (SSSR count). The Kier molecular flexibility index (Phi) is 11.3. The van der Waals surface area contributed by atoms with Crippen molar-refractivity contribution in [3.8, 4) is 112 Å². The van der Waals surface area contributed by atoms with Gasteiger partial charge in [0.05, 0.1) is 44.6 Å². The predicted molar refractivity (Wildman–Crippen MR) is 315 cm³/mol. The van der Waals surface area contributed by atoms with Gasteiger partial charge in [0.25, 0.3) is 11.1 Å². The standard InChI is InChI=1S/C70H44N6O2/c77-69-59-41-49(67-71-61(55-33-17-13-29-51(55)45-21-5-1-6-22-45)43-62(72-67)56-34-18-14-30-52(56)46-23-7-2-8-24-46)37-39-65(59)75-66-40-38-50(42-60(66)70(78)76(69)75)68-73-63(57-35-19-15-31-53(57)47-25-9-3-10-26-47)44-64(74-68)58-36-20-16-32-54(58)48-27-11-4-12-28-48/h1-44H. The number of benzene rings is 10. The number of hydrogen-bond acceptors (Lipinski definition) is 6. The van der Waals surface area contributed by atoms with Crippen molar-refractivity contribution in [3.05, 3.63) is 288 Å². The molecule has 0 fully saturated rings. The van der Waals surface area contributed by atoms with E-state index in [2.05, 4.69) is 97.1 Å². The molecule has 8 heteroatoms. The van der Waals surface area contributed by atoms with E-state index in [4.69, 9.17) is 19.9 Å². The third-order valence-electron chi connectivity index (χ3n) is 14.6. The fourth-order valence-electron chi connectivity index (χ4n) is 10.9. The van der Waals surface area contributed by atoms with Crippen molar-refractivity contribution >= 4 is 21.8 Å². The monoisotopic (exact) mass is 1000 g/mol. The van der Waals surface area contributed by atoms with Gasteiger partial charge in [-0.2, -0.15) is 4.52 Å². The topological polar surface area (TPSA) is 94.5 Å². The first-order valence-electron chi connectivity index (χ1n) is 25.9. The van der Waals surface area contributed by atoms with Gasteiger partial charge in [0.15, 0.2) is 11.6 Å². The largest absolute Gasteiger partial charge is 0.282 e. The Hall–Kier alpha value is -10.7. The molecule has 0 unspecified atom stereocenters. The van der Waals surface area contributed by atoms with Crippen molar-refractivity contribution in [1.29, 1.82) is 0 Å². The van der Waals surface area contributed by atoms with Crippen molar-refractivity contribution in [2.75, 3.05) is 0 Å². The van der Waals surface area contributed by atoms with Crippen LogP contribution in [0.1, 0.15) is 0 Å². The molecule has 0 atom stereocenters. The van der Waals surface area contributed by atoms with E-state index in [-0.39, 0.29) is 0 Å². The molecule has 0 N–H and O–H groups in total. The summed E-state index contributed by atoms with van der Waals surface area (Å²) in [4.78, 5) is 50.6. The molecule has 10 aromatic carbocycles. The van der Waals surface area contributed by atoms with Gasteiger partial charge < -0.3 is 0 Å². The minimum atomic E-state index is -0.439. The smallest absolute Gasteiger partial charge is 0.267 e. The molecule has 0 saturated carbocycles. The van der Waals surface area contributed by atoms with Gasteiger partial charge in [-0.05, 0) is 93.0 Å². The van der Waals surface area contributed by atoms with Crippen LogP contribution in [-0.2, 0) is 0 Å². The van der Waals surface area contributed by atoms with Crippen LogP contribution in [0.15, 0.2) is 277 Å². The van der Waals surface area contributed by atoms with Crippen molar-refractivity contribution in [3.63, 3.8) is 0 Å². The summed E-state index contributed by atoms with van der Waals surface area (Å²) in [6.07, 6.45) is 0. The van der Waals surface area contributed by atoms with Crippen LogP contribution < -0.4 is 11.1 Å². The van der Waals surface area contributed by atoms with E-state index in [0.717, 1.165) is 89.5 Å². The van der Waals surface area contributed by atoms with Gasteiger partial charge in [-0.25, -0.2) is 24.5 Å². The maximum atomic E-state index is 14.8. The molecule has 0 amide bonds. The van der Waals surface area contributed by atoms with Gasteiger partial charge in [0, 0.05) is 33.4 Å². The lowest BCUT2D eigenvalue weighted by Crippen LogP contribution is -2.21. The molecule has 14 aromatic rings. The Morgan fingerprint density at radius 1 is 0.231 bits per heavy atom. The highest BCUT2D eigenvalue weighted by Crippen LogP contribution is 2.40. The molecule has 0 aliphatic heterocycles. The van der Waals surface area contributed by atoms with E-state index in [1.165, 1.54) is 4.52 Å². The summed E-state index contributed by atoms with van der Waals surface area (Å²) >= 11 is 0. The Morgan fingerprint density at radius 3 is 0.769 bits per heavy atom. The number of aromatic nitrogens is 6. The third kappa shape index (κ3) is 8.04. The molecule has 8 nitrogen and oxygen atoms in total. The Labute approximate surface area is 448 Å². The van der Waals surface area contributed by atoms with Gasteiger partial charge in [-0.1, -0.05) is 218 Å². The molecule has 366 valence electrons. The molecule has 4 aromatic heterocycles. The van der Waals surface area contributed by atoms with Crippen LogP contribution in [0.4, 0.5) is 0 Å². The zero-order valence-electron chi connectivity index (χ0n) is 41.9. The van der Waals surface area contributed by atoms with Crippen LogP contribution in [0.25, 0.3) is 134 Å². The van der Waals surface area contributed by atoms with Crippen LogP contribution in [-0.4, -0.2) is 29.0 Å². The summed E-state index contributed by atoms with van der Waals surface area (Å²) in [7, 11) is 0. The second kappa shape index (κ2) is 19.2.